The second-order valence-corrected chi connectivity index (χ2v) is 4.11. The van der Waals surface area contributed by atoms with Gasteiger partial charge in [0.1, 0.15) is 0 Å². The zero-order valence-electron chi connectivity index (χ0n) is 7.72. The van der Waals surface area contributed by atoms with Crippen LogP contribution in [-0.2, 0) is 4.74 Å². The topological polar surface area (TPSA) is 9.23 Å². The Morgan fingerprint density at radius 1 is 1.08 bits per heavy atom. The summed E-state index contributed by atoms with van der Waals surface area (Å²) in [7, 11) is 0. The first-order valence-corrected chi connectivity index (χ1v) is 5.17. The van der Waals surface area contributed by atoms with Crippen molar-refractivity contribution in [2.75, 3.05) is 6.61 Å². The number of hydrogen-bond donors (Lipinski definition) is 0. The molecule has 1 saturated heterocycles. The summed E-state index contributed by atoms with van der Waals surface area (Å²) >= 11 is 0. The Bertz CT molecular complexity index is 174. The molecular formula is C11H18O. The minimum absolute atomic E-state index is 0.526. The van der Waals surface area contributed by atoms with Crippen molar-refractivity contribution < 1.29 is 4.74 Å². The standard InChI is InChI=1S/C11H18O/c1-9-8-12-11-7-5-3-2-4-6-10(9)11/h10-11H,1-8H2. The summed E-state index contributed by atoms with van der Waals surface area (Å²) < 4.78 is 5.71. The van der Waals surface area contributed by atoms with Crippen LogP contribution in [0.2, 0.25) is 0 Å². The van der Waals surface area contributed by atoms with Gasteiger partial charge in [-0.05, 0) is 18.4 Å². The first kappa shape index (κ1) is 8.31. The highest BCUT2D eigenvalue weighted by Gasteiger charge is 2.30. The molecule has 0 spiro atoms. The summed E-state index contributed by atoms with van der Waals surface area (Å²) in [6.07, 6.45) is 8.67. The van der Waals surface area contributed by atoms with Gasteiger partial charge in [-0.1, -0.05) is 32.3 Å². The molecule has 0 bridgehead atoms. The van der Waals surface area contributed by atoms with Crippen molar-refractivity contribution in [2.45, 2.75) is 44.6 Å². The lowest BCUT2D eigenvalue weighted by Crippen LogP contribution is -2.18. The van der Waals surface area contributed by atoms with Gasteiger partial charge in [0.25, 0.3) is 0 Å². The molecule has 2 fully saturated rings. The highest BCUT2D eigenvalue weighted by atomic mass is 16.5. The summed E-state index contributed by atoms with van der Waals surface area (Å²) in [6, 6.07) is 0. The summed E-state index contributed by atoms with van der Waals surface area (Å²) in [4.78, 5) is 0. The molecule has 12 heavy (non-hydrogen) atoms. The van der Waals surface area contributed by atoms with Crippen LogP contribution < -0.4 is 0 Å². The van der Waals surface area contributed by atoms with Crippen LogP contribution in [0.25, 0.3) is 0 Å². The van der Waals surface area contributed by atoms with Gasteiger partial charge < -0.3 is 4.74 Å². The Morgan fingerprint density at radius 2 is 1.83 bits per heavy atom. The number of rotatable bonds is 0. The second kappa shape index (κ2) is 3.61. The SMILES string of the molecule is C=C1COC2CCCCCCC12. The van der Waals surface area contributed by atoms with Gasteiger partial charge in [-0.3, -0.25) is 0 Å². The summed E-state index contributed by atoms with van der Waals surface area (Å²) in [5.74, 6) is 0.699. The molecule has 2 atom stereocenters. The maximum Gasteiger partial charge on any atom is 0.0681 e. The van der Waals surface area contributed by atoms with E-state index in [1.54, 1.807) is 0 Å². The zero-order chi connectivity index (χ0) is 8.39. The third-order valence-electron chi connectivity index (χ3n) is 3.21. The van der Waals surface area contributed by atoms with Crippen molar-refractivity contribution in [3.8, 4) is 0 Å². The Morgan fingerprint density at radius 3 is 2.67 bits per heavy atom. The molecule has 0 aromatic heterocycles. The van der Waals surface area contributed by atoms with E-state index in [2.05, 4.69) is 6.58 Å². The van der Waals surface area contributed by atoms with Crippen molar-refractivity contribution in [2.24, 2.45) is 5.92 Å². The van der Waals surface area contributed by atoms with Gasteiger partial charge in [0.05, 0.1) is 12.7 Å². The average molecular weight is 166 g/mol. The molecule has 1 heteroatoms. The third kappa shape index (κ3) is 1.56. The molecule has 0 N–H and O–H groups in total. The van der Waals surface area contributed by atoms with E-state index in [-0.39, 0.29) is 0 Å². The van der Waals surface area contributed by atoms with E-state index in [0.29, 0.717) is 12.0 Å². The Hall–Kier alpha value is -0.300. The van der Waals surface area contributed by atoms with Gasteiger partial charge in [0, 0.05) is 5.92 Å². The molecule has 0 aromatic rings. The second-order valence-electron chi connectivity index (χ2n) is 4.11. The first-order valence-electron chi connectivity index (χ1n) is 5.17. The maximum atomic E-state index is 5.71. The van der Waals surface area contributed by atoms with Gasteiger partial charge in [0.15, 0.2) is 0 Å². The normalized spacial score (nSPS) is 37.2. The Kier molecular flexibility index (Phi) is 2.50. The smallest absolute Gasteiger partial charge is 0.0681 e. The predicted molar refractivity (Wildman–Crippen MR) is 50.1 cm³/mol. The fourth-order valence-corrected chi connectivity index (χ4v) is 2.44. The van der Waals surface area contributed by atoms with Crippen LogP contribution in [0.3, 0.4) is 0 Å². The molecule has 0 radical (unpaired) electrons. The highest BCUT2D eigenvalue weighted by molar-refractivity contribution is 5.08. The third-order valence-corrected chi connectivity index (χ3v) is 3.21. The minimum atomic E-state index is 0.526. The molecule has 2 rings (SSSR count). The lowest BCUT2D eigenvalue weighted by Gasteiger charge is -2.21. The Labute approximate surface area is 74.8 Å². The van der Waals surface area contributed by atoms with Crippen LogP contribution in [0, 0.1) is 5.92 Å². The molecule has 2 aliphatic rings. The van der Waals surface area contributed by atoms with Gasteiger partial charge in [-0.2, -0.15) is 0 Å². The molecule has 1 saturated carbocycles. The molecule has 1 aliphatic heterocycles. The van der Waals surface area contributed by atoms with Crippen LogP contribution in [0.1, 0.15) is 38.5 Å². The minimum Gasteiger partial charge on any atom is -0.373 e. The van der Waals surface area contributed by atoms with Crippen molar-refractivity contribution in [3.05, 3.63) is 12.2 Å². The van der Waals surface area contributed by atoms with Gasteiger partial charge in [0.2, 0.25) is 0 Å². The van der Waals surface area contributed by atoms with E-state index in [1.807, 2.05) is 0 Å². The van der Waals surface area contributed by atoms with E-state index in [1.165, 1.54) is 44.1 Å². The number of fused-ring (bicyclic) bond motifs is 1. The van der Waals surface area contributed by atoms with Crippen LogP contribution in [0.5, 0.6) is 0 Å². The fraction of sp³-hybridized carbons (Fsp3) is 0.818. The highest BCUT2D eigenvalue weighted by Crippen LogP contribution is 2.34. The summed E-state index contributed by atoms with van der Waals surface area (Å²) in [5.41, 5.74) is 1.35. The average Bonchev–Trinajstić information content (AvgIpc) is 2.31. The van der Waals surface area contributed by atoms with Crippen LogP contribution in [-0.4, -0.2) is 12.7 Å². The van der Waals surface area contributed by atoms with Crippen LogP contribution in [0.15, 0.2) is 12.2 Å². The van der Waals surface area contributed by atoms with Crippen LogP contribution in [0.4, 0.5) is 0 Å². The molecule has 68 valence electrons. The van der Waals surface area contributed by atoms with E-state index < -0.39 is 0 Å². The lowest BCUT2D eigenvalue weighted by molar-refractivity contribution is 0.0751. The largest absolute Gasteiger partial charge is 0.373 e. The quantitative estimate of drug-likeness (QED) is 0.503. The van der Waals surface area contributed by atoms with Gasteiger partial charge in [-0.15, -0.1) is 0 Å². The zero-order valence-corrected chi connectivity index (χ0v) is 7.72. The van der Waals surface area contributed by atoms with Crippen molar-refractivity contribution >= 4 is 0 Å². The maximum absolute atomic E-state index is 5.71. The van der Waals surface area contributed by atoms with E-state index in [9.17, 15) is 0 Å². The first-order chi connectivity index (χ1) is 5.88. The molecule has 2 unspecified atom stereocenters. The predicted octanol–water partition coefficient (Wildman–Crippen LogP) is 2.91. The molecule has 1 heterocycles. The number of ether oxygens (including phenoxy) is 1. The van der Waals surface area contributed by atoms with Crippen molar-refractivity contribution in [3.63, 3.8) is 0 Å². The van der Waals surface area contributed by atoms with E-state index in [0.717, 1.165) is 6.61 Å². The summed E-state index contributed by atoms with van der Waals surface area (Å²) in [6.45, 7) is 4.91. The van der Waals surface area contributed by atoms with E-state index in [4.69, 9.17) is 4.74 Å². The summed E-state index contributed by atoms with van der Waals surface area (Å²) in [5, 5.41) is 0. The molecular weight excluding hydrogens is 148 g/mol. The molecule has 1 nitrogen and oxygen atoms in total. The lowest BCUT2D eigenvalue weighted by atomic mass is 9.86. The molecule has 1 aliphatic carbocycles. The van der Waals surface area contributed by atoms with Crippen LogP contribution >= 0.6 is 0 Å². The van der Waals surface area contributed by atoms with Gasteiger partial charge >= 0.3 is 0 Å². The molecule has 0 aromatic carbocycles. The monoisotopic (exact) mass is 166 g/mol. The van der Waals surface area contributed by atoms with Gasteiger partial charge in [-0.25, -0.2) is 0 Å². The van der Waals surface area contributed by atoms with E-state index >= 15 is 0 Å². The number of hydrogen-bond acceptors (Lipinski definition) is 1. The fourth-order valence-electron chi connectivity index (χ4n) is 2.44. The van der Waals surface area contributed by atoms with Crippen molar-refractivity contribution in [1.82, 2.24) is 0 Å². The Balaban J connectivity index is 2.00. The van der Waals surface area contributed by atoms with Crippen molar-refractivity contribution in [1.29, 1.82) is 0 Å². The molecule has 0 amide bonds.